The summed E-state index contributed by atoms with van der Waals surface area (Å²) in [6.45, 7) is 7.78. The molecule has 0 saturated carbocycles. The van der Waals surface area contributed by atoms with Gasteiger partial charge < -0.3 is 14.9 Å². The number of hydrogen-bond donors (Lipinski definition) is 1. The van der Waals surface area contributed by atoms with Crippen molar-refractivity contribution in [3.63, 3.8) is 0 Å². The molecule has 2 fully saturated rings. The summed E-state index contributed by atoms with van der Waals surface area (Å²) in [5, 5.41) is 9.57. The maximum absolute atomic E-state index is 12.5. The van der Waals surface area contributed by atoms with Gasteiger partial charge in [-0.2, -0.15) is 11.8 Å². The van der Waals surface area contributed by atoms with Crippen molar-refractivity contribution in [3.05, 3.63) is 0 Å². The lowest BCUT2D eigenvalue weighted by Gasteiger charge is -2.39. The summed E-state index contributed by atoms with van der Waals surface area (Å²) in [7, 11) is 0. The summed E-state index contributed by atoms with van der Waals surface area (Å²) in [6, 6.07) is 0.223. The minimum absolute atomic E-state index is 0.00949. The Labute approximate surface area is 118 Å². The topological polar surface area (TPSA) is 60.9 Å². The number of urea groups is 1. The van der Waals surface area contributed by atoms with Crippen molar-refractivity contribution in [2.24, 2.45) is 11.8 Å². The number of thioether (sulfide) groups is 1. The van der Waals surface area contributed by atoms with E-state index in [2.05, 4.69) is 13.8 Å². The van der Waals surface area contributed by atoms with Crippen molar-refractivity contribution in [3.8, 4) is 0 Å². The zero-order valence-corrected chi connectivity index (χ0v) is 12.5. The average molecular weight is 286 g/mol. The number of hydrogen-bond acceptors (Lipinski definition) is 3. The van der Waals surface area contributed by atoms with E-state index < -0.39 is 11.9 Å². The summed E-state index contributed by atoms with van der Waals surface area (Å²) in [6.07, 6.45) is 0. The van der Waals surface area contributed by atoms with Crippen LogP contribution in [-0.4, -0.2) is 63.6 Å². The Kier molecular flexibility index (Phi) is 4.28. The third-order valence-corrected chi connectivity index (χ3v) is 5.67. The number of likely N-dealkylation sites (tertiary alicyclic amines) is 1. The highest BCUT2D eigenvalue weighted by molar-refractivity contribution is 8.00. The molecule has 19 heavy (non-hydrogen) atoms. The minimum Gasteiger partial charge on any atom is -0.481 e. The van der Waals surface area contributed by atoms with Gasteiger partial charge in [-0.3, -0.25) is 4.79 Å². The molecule has 2 heterocycles. The van der Waals surface area contributed by atoms with Crippen LogP contribution in [-0.2, 0) is 4.79 Å². The number of carbonyl (C=O) groups excluding carboxylic acids is 1. The van der Waals surface area contributed by atoms with Crippen LogP contribution >= 0.6 is 11.8 Å². The number of amides is 2. The predicted molar refractivity (Wildman–Crippen MR) is 75.3 cm³/mol. The van der Waals surface area contributed by atoms with Gasteiger partial charge in [-0.25, -0.2) is 4.79 Å². The Morgan fingerprint density at radius 3 is 2.47 bits per heavy atom. The monoisotopic (exact) mass is 286 g/mol. The summed E-state index contributed by atoms with van der Waals surface area (Å²) >= 11 is 1.89. The maximum Gasteiger partial charge on any atom is 0.320 e. The molecule has 0 radical (unpaired) electrons. The van der Waals surface area contributed by atoms with E-state index in [1.807, 2.05) is 23.6 Å². The SMILES string of the molecule is CC1CN(C(=O)N2CCSC(C)C2C)CC1C(=O)O. The summed E-state index contributed by atoms with van der Waals surface area (Å²) in [5.74, 6) is -0.217. The van der Waals surface area contributed by atoms with Gasteiger partial charge in [0, 0.05) is 36.7 Å². The lowest BCUT2D eigenvalue weighted by atomic mass is 9.99. The van der Waals surface area contributed by atoms with E-state index in [0.29, 0.717) is 18.3 Å². The molecule has 4 atom stereocenters. The van der Waals surface area contributed by atoms with Gasteiger partial charge in [-0.05, 0) is 12.8 Å². The lowest BCUT2D eigenvalue weighted by Crippen LogP contribution is -2.52. The fraction of sp³-hybridized carbons (Fsp3) is 0.846. The Hall–Kier alpha value is -0.910. The normalized spacial score (nSPS) is 35.5. The van der Waals surface area contributed by atoms with Crippen molar-refractivity contribution in [2.45, 2.75) is 32.1 Å². The number of rotatable bonds is 1. The average Bonchev–Trinajstić information content (AvgIpc) is 2.74. The van der Waals surface area contributed by atoms with Gasteiger partial charge in [0.1, 0.15) is 0 Å². The second kappa shape index (κ2) is 5.61. The van der Waals surface area contributed by atoms with Crippen LogP contribution < -0.4 is 0 Å². The summed E-state index contributed by atoms with van der Waals surface area (Å²) in [4.78, 5) is 27.2. The fourth-order valence-corrected chi connectivity index (χ4v) is 3.93. The number of carbonyl (C=O) groups is 2. The van der Waals surface area contributed by atoms with E-state index in [-0.39, 0.29) is 18.0 Å². The highest BCUT2D eigenvalue weighted by Gasteiger charge is 2.40. The quantitative estimate of drug-likeness (QED) is 0.795. The molecule has 2 saturated heterocycles. The van der Waals surface area contributed by atoms with Crippen molar-refractivity contribution in [1.82, 2.24) is 9.80 Å². The molecule has 4 unspecified atom stereocenters. The molecular formula is C13H22N2O3S. The van der Waals surface area contributed by atoms with Crippen LogP contribution in [0, 0.1) is 11.8 Å². The second-order valence-corrected chi connectivity index (χ2v) is 7.10. The van der Waals surface area contributed by atoms with Crippen molar-refractivity contribution < 1.29 is 14.7 Å². The molecule has 5 nitrogen and oxygen atoms in total. The number of aliphatic carboxylic acids is 1. The predicted octanol–water partition coefficient (Wildman–Crippen LogP) is 1.58. The highest BCUT2D eigenvalue weighted by Crippen LogP contribution is 2.28. The Morgan fingerprint density at radius 2 is 1.89 bits per heavy atom. The van der Waals surface area contributed by atoms with Crippen LogP contribution in [0.15, 0.2) is 0 Å². The smallest absolute Gasteiger partial charge is 0.320 e. The molecule has 0 spiro atoms. The molecular weight excluding hydrogens is 264 g/mol. The third-order valence-electron chi connectivity index (χ3n) is 4.33. The summed E-state index contributed by atoms with van der Waals surface area (Å²) in [5.41, 5.74) is 0. The second-order valence-electron chi connectivity index (χ2n) is 5.62. The van der Waals surface area contributed by atoms with Crippen LogP contribution in [0.5, 0.6) is 0 Å². The van der Waals surface area contributed by atoms with Gasteiger partial charge in [0.2, 0.25) is 0 Å². The first-order valence-corrected chi connectivity index (χ1v) is 7.86. The third kappa shape index (κ3) is 2.83. The van der Waals surface area contributed by atoms with Crippen LogP contribution in [0.2, 0.25) is 0 Å². The van der Waals surface area contributed by atoms with Gasteiger partial charge >= 0.3 is 12.0 Å². The number of carboxylic acid groups (broad SMARTS) is 1. The van der Waals surface area contributed by atoms with Gasteiger partial charge in [0.25, 0.3) is 0 Å². The lowest BCUT2D eigenvalue weighted by molar-refractivity contribution is -0.142. The van der Waals surface area contributed by atoms with E-state index in [9.17, 15) is 9.59 Å². The molecule has 0 aromatic rings. The van der Waals surface area contributed by atoms with Crippen molar-refractivity contribution in [1.29, 1.82) is 0 Å². The molecule has 2 aliphatic heterocycles. The van der Waals surface area contributed by atoms with Gasteiger partial charge in [0.05, 0.1) is 5.92 Å². The van der Waals surface area contributed by atoms with Crippen LogP contribution in [0.3, 0.4) is 0 Å². The van der Waals surface area contributed by atoms with Crippen LogP contribution in [0.1, 0.15) is 20.8 Å². The Morgan fingerprint density at radius 1 is 1.21 bits per heavy atom. The molecule has 108 valence electrons. The van der Waals surface area contributed by atoms with Crippen molar-refractivity contribution >= 4 is 23.8 Å². The van der Waals surface area contributed by atoms with Gasteiger partial charge in [-0.1, -0.05) is 13.8 Å². The Balaban J connectivity index is 2.02. The maximum atomic E-state index is 12.5. The fourth-order valence-electron chi connectivity index (χ4n) is 2.83. The molecule has 2 rings (SSSR count). The zero-order chi connectivity index (χ0) is 14.2. The van der Waals surface area contributed by atoms with Crippen LogP contribution in [0.4, 0.5) is 4.79 Å². The largest absolute Gasteiger partial charge is 0.481 e. The number of nitrogens with zero attached hydrogens (tertiary/aromatic N) is 2. The first-order valence-electron chi connectivity index (χ1n) is 6.81. The van der Waals surface area contributed by atoms with E-state index >= 15 is 0 Å². The minimum atomic E-state index is -0.793. The molecule has 0 bridgehead atoms. The molecule has 0 aliphatic carbocycles. The summed E-state index contributed by atoms with van der Waals surface area (Å²) < 4.78 is 0. The molecule has 1 N–H and O–H groups in total. The number of carboxylic acids is 1. The molecule has 0 aromatic heterocycles. The van der Waals surface area contributed by atoms with Crippen molar-refractivity contribution in [2.75, 3.05) is 25.4 Å². The van der Waals surface area contributed by atoms with E-state index in [0.717, 1.165) is 12.3 Å². The van der Waals surface area contributed by atoms with E-state index in [1.54, 1.807) is 4.90 Å². The van der Waals surface area contributed by atoms with E-state index in [1.165, 1.54) is 0 Å². The van der Waals surface area contributed by atoms with Gasteiger partial charge in [0.15, 0.2) is 0 Å². The molecule has 0 aromatic carbocycles. The van der Waals surface area contributed by atoms with Crippen LogP contribution in [0.25, 0.3) is 0 Å². The van der Waals surface area contributed by atoms with E-state index in [4.69, 9.17) is 5.11 Å². The highest BCUT2D eigenvalue weighted by atomic mass is 32.2. The molecule has 2 amide bonds. The molecule has 2 aliphatic rings. The molecule has 6 heteroatoms. The Bertz CT molecular complexity index is 377. The zero-order valence-electron chi connectivity index (χ0n) is 11.7. The first kappa shape index (κ1) is 14.5. The standard InChI is InChI=1S/C13H22N2O3S/c1-8-6-14(7-11(8)12(16)17)13(18)15-4-5-19-10(3)9(15)2/h8-11H,4-7H2,1-3H3,(H,16,17). The van der Waals surface area contributed by atoms with Gasteiger partial charge in [-0.15, -0.1) is 0 Å². The first-order chi connectivity index (χ1) is 8.91.